The molecule has 0 aliphatic carbocycles. The van der Waals surface area contributed by atoms with Crippen LogP contribution in [0.4, 0.5) is 10.1 Å². The molecule has 0 aliphatic rings. The van der Waals surface area contributed by atoms with Crippen molar-refractivity contribution in [2.24, 2.45) is 0 Å². The van der Waals surface area contributed by atoms with Crippen LogP contribution in [0.2, 0.25) is 0 Å². The van der Waals surface area contributed by atoms with Gasteiger partial charge in [-0.3, -0.25) is 13.9 Å². The Morgan fingerprint density at radius 1 is 1.00 bits per heavy atom. The van der Waals surface area contributed by atoms with E-state index in [4.69, 9.17) is 0 Å². The van der Waals surface area contributed by atoms with E-state index in [0.29, 0.717) is 27.7 Å². The topological polar surface area (TPSA) is 80.5 Å². The molecule has 0 bridgehead atoms. The van der Waals surface area contributed by atoms with Crippen LogP contribution in [0.15, 0.2) is 93.6 Å². The van der Waals surface area contributed by atoms with Gasteiger partial charge in [0.2, 0.25) is 0 Å². The molecule has 6 nitrogen and oxygen atoms in total. The van der Waals surface area contributed by atoms with Gasteiger partial charge in [0.25, 0.3) is 15.6 Å². The van der Waals surface area contributed by atoms with E-state index in [2.05, 4.69) is 9.71 Å². The van der Waals surface area contributed by atoms with Gasteiger partial charge in [-0.25, -0.2) is 17.8 Å². The number of thioether (sulfide) groups is 1. The third kappa shape index (κ3) is 4.37. The number of hydrogen-bond acceptors (Lipinski definition) is 5. The Bertz CT molecular complexity index is 1370. The minimum Gasteiger partial charge on any atom is -0.278 e. The number of hydrogen-bond donors (Lipinski definition) is 1. The highest BCUT2D eigenvalue weighted by atomic mass is 32.2. The van der Waals surface area contributed by atoms with Crippen molar-refractivity contribution in [1.29, 1.82) is 0 Å². The molecule has 0 fully saturated rings. The third-order valence-corrected chi connectivity index (χ3v) is 6.74. The van der Waals surface area contributed by atoms with Crippen LogP contribution in [0.25, 0.3) is 5.65 Å². The molecule has 30 heavy (non-hydrogen) atoms. The largest absolute Gasteiger partial charge is 0.278 e. The summed E-state index contributed by atoms with van der Waals surface area (Å²) in [5, 5.41) is 0. The standard InChI is InChI=1S/C21H16FN3O3S2/c22-15-8-10-17(11-9-15)30(27,28)24-18-5-1-2-6-19(18)29-14-16-13-21(26)25-12-4-3-7-20(25)23-16/h1-13,24H,14H2. The zero-order valence-electron chi connectivity index (χ0n) is 15.5. The van der Waals surface area contributed by atoms with Gasteiger partial charge in [0.05, 0.1) is 16.3 Å². The lowest BCUT2D eigenvalue weighted by Gasteiger charge is -2.12. The summed E-state index contributed by atoms with van der Waals surface area (Å²) >= 11 is 1.36. The fraction of sp³-hybridized carbons (Fsp3) is 0.0476. The zero-order valence-corrected chi connectivity index (χ0v) is 17.2. The fourth-order valence-electron chi connectivity index (χ4n) is 2.82. The summed E-state index contributed by atoms with van der Waals surface area (Å²) < 4.78 is 42.4. The molecule has 0 atom stereocenters. The predicted octanol–water partition coefficient (Wildman–Crippen LogP) is 3.93. The number of fused-ring (bicyclic) bond motifs is 1. The van der Waals surface area contributed by atoms with E-state index in [-0.39, 0.29) is 10.5 Å². The van der Waals surface area contributed by atoms with Crippen molar-refractivity contribution in [2.75, 3.05) is 4.72 Å². The van der Waals surface area contributed by atoms with E-state index < -0.39 is 15.8 Å². The molecule has 152 valence electrons. The molecular weight excluding hydrogens is 425 g/mol. The van der Waals surface area contributed by atoms with E-state index in [1.54, 1.807) is 48.7 Å². The van der Waals surface area contributed by atoms with Crippen LogP contribution in [0, 0.1) is 5.82 Å². The molecule has 0 saturated heterocycles. The van der Waals surface area contributed by atoms with Crippen molar-refractivity contribution in [3.8, 4) is 0 Å². The molecule has 0 aliphatic heterocycles. The quantitative estimate of drug-likeness (QED) is 0.459. The van der Waals surface area contributed by atoms with E-state index in [0.717, 1.165) is 12.1 Å². The summed E-state index contributed by atoms with van der Waals surface area (Å²) in [5.74, 6) is -0.126. The summed E-state index contributed by atoms with van der Waals surface area (Å²) in [4.78, 5) is 17.4. The Kier molecular flexibility index (Phi) is 5.56. The minimum absolute atomic E-state index is 0.0343. The number of para-hydroxylation sites is 1. The normalized spacial score (nSPS) is 11.5. The van der Waals surface area contributed by atoms with Gasteiger partial charge in [-0.05, 0) is 48.5 Å². The highest BCUT2D eigenvalue weighted by Crippen LogP contribution is 2.31. The van der Waals surface area contributed by atoms with Crippen molar-refractivity contribution in [1.82, 2.24) is 9.38 Å². The molecule has 0 spiro atoms. The van der Waals surface area contributed by atoms with Gasteiger partial charge >= 0.3 is 0 Å². The molecule has 0 radical (unpaired) electrons. The lowest BCUT2D eigenvalue weighted by molar-refractivity contribution is 0.599. The van der Waals surface area contributed by atoms with Gasteiger partial charge in [-0.15, -0.1) is 11.8 Å². The summed E-state index contributed by atoms with van der Waals surface area (Å²) in [6.45, 7) is 0. The molecule has 4 aromatic rings. The van der Waals surface area contributed by atoms with Crippen LogP contribution < -0.4 is 10.3 Å². The maximum Gasteiger partial charge on any atom is 0.261 e. The Morgan fingerprint density at radius 3 is 2.53 bits per heavy atom. The van der Waals surface area contributed by atoms with Crippen LogP contribution in [0.5, 0.6) is 0 Å². The first kappa shape index (κ1) is 20.1. The fourth-order valence-corrected chi connectivity index (χ4v) is 4.87. The molecule has 2 aromatic heterocycles. The molecule has 0 amide bonds. The van der Waals surface area contributed by atoms with Crippen molar-refractivity contribution in [3.63, 3.8) is 0 Å². The van der Waals surface area contributed by atoms with Crippen LogP contribution in [0.1, 0.15) is 5.69 Å². The number of rotatable bonds is 6. The first-order valence-corrected chi connectivity index (χ1v) is 11.4. The molecular formula is C21H16FN3O3S2. The predicted molar refractivity (Wildman–Crippen MR) is 115 cm³/mol. The second-order valence-electron chi connectivity index (χ2n) is 6.36. The van der Waals surface area contributed by atoms with Gasteiger partial charge in [-0.2, -0.15) is 0 Å². The number of sulfonamides is 1. The van der Waals surface area contributed by atoms with Crippen molar-refractivity contribution in [3.05, 3.63) is 101 Å². The maximum atomic E-state index is 13.1. The highest BCUT2D eigenvalue weighted by molar-refractivity contribution is 7.98. The Hall–Kier alpha value is -3.17. The summed E-state index contributed by atoms with van der Waals surface area (Å²) in [6.07, 6.45) is 1.65. The van der Waals surface area contributed by atoms with Crippen molar-refractivity contribution < 1.29 is 12.8 Å². The number of aromatic nitrogens is 2. The summed E-state index contributed by atoms with van der Waals surface area (Å²) in [6, 6.07) is 18.3. The van der Waals surface area contributed by atoms with Gasteiger partial charge in [0.1, 0.15) is 11.5 Å². The van der Waals surface area contributed by atoms with Crippen LogP contribution in [-0.2, 0) is 15.8 Å². The van der Waals surface area contributed by atoms with Gasteiger partial charge in [-0.1, -0.05) is 18.2 Å². The second-order valence-corrected chi connectivity index (χ2v) is 9.06. The van der Waals surface area contributed by atoms with E-state index in [1.807, 2.05) is 0 Å². The second kappa shape index (κ2) is 8.29. The third-order valence-electron chi connectivity index (χ3n) is 4.25. The smallest absolute Gasteiger partial charge is 0.261 e. The van der Waals surface area contributed by atoms with Crippen LogP contribution in [0.3, 0.4) is 0 Å². The molecule has 2 heterocycles. The first-order chi connectivity index (χ1) is 14.4. The van der Waals surface area contributed by atoms with E-state index >= 15 is 0 Å². The Morgan fingerprint density at radius 2 is 1.73 bits per heavy atom. The van der Waals surface area contributed by atoms with Gasteiger partial charge in [0.15, 0.2) is 0 Å². The van der Waals surface area contributed by atoms with Crippen LogP contribution >= 0.6 is 11.8 Å². The Balaban J connectivity index is 1.57. The number of nitrogens with one attached hydrogen (secondary N) is 1. The molecule has 2 aromatic carbocycles. The maximum absolute atomic E-state index is 13.1. The van der Waals surface area contributed by atoms with Gasteiger partial charge in [0, 0.05) is 22.9 Å². The number of benzene rings is 2. The SMILES string of the molecule is O=c1cc(CSc2ccccc2NS(=O)(=O)c2ccc(F)cc2)nc2ccccn12. The average Bonchev–Trinajstić information content (AvgIpc) is 2.73. The lowest BCUT2D eigenvalue weighted by Crippen LogP contribution is -2.15. The van der Waals surface area contributed by atoms with Gasteiger partial charge < -0.3 is 0 Å². The van der Waals surface area contributed by atoms with E-state index in [9.17, 15) is 17.6 Å². The average molecular weight is 442 g/mol. The number of anilines is 1. The number of pyridine rings is 1. The summed E-state index contributed by atoms with van der Waals surface area (Å²) in [7, 11) is -3.87. The molecule has 9 heteroatoms. The molecule has 0 saturated carbocycles. The first-order valence-electron chi connectivity index (χ1n) is 8.90. The molecule has 1 N–H and O–H groups in total. The highest BCUT2D eigenvalue weighted by Gasteiger charge is 2.16. The Labute approximate surface area is 176 Å². The minimum atomic E-state index is -3.87. The van der Waals surface area contributed by atoms with Crippen LogP contribution in [-0.4, -0.2) is 17.8 Å². The number of nitrogens with zero attached hydrogens (tertiary/aromatic N) is 2. The number of halogens is 1. The molecule has 4 rings (SSSR count). The monoisotopic (exact) mass is 441 g/mol. The van der Waals surface area contributed by atoms with Crippen molar-refractivity contribution in [2.45, 2.75) is 15.5 Å². The molecule has 0 unspecified atom stereocenters. The summed E-state index contributed by atoms with van der Waals surface area (Å²) in [5.41, 5.74) is 1.35. The lowest BCUT2D eigenvalue weighted by atomic mass is 10.3. The zero-order chi connectivity index (χ0) is 21.1. The van der Waals surface area contributed by atoms with Crippen molar-refractivity contribution >= 4 is 33.1 Å². The van der Waals surface area contributed by atoms with E-state index in [1.165, 1.54) is 34.4 Å².